The summed E-state index contributed by atoms with van der Waals surface area (Å²) >= 11 is 0. The molecule has 2 aromatic rings. The first-order valence-corrected chi connectivity index (χ1v) is 6.54. The van der Waals surface area contributed by atoms with E-state index in [1.54, 1.807) is 25.1 Å². The second-order valence-corrected chi connectivity index (χ2v) is 5.00. The maximum atomic E-state index is 13.3. The Balaban J connectivity index is 1.88. The lowest BCUT2D eigenvalue weighted by atomic mass is 10.2. The number of nitrogen functional groups attached to an aromatic ring is 1. The molecule has 4 N–H and O–H groups in total. The van der Waals surface area contributed by atoms with Crippen LogP contribution in [0.3, 0.4) is 0 Å². The molecule has 6 heteroatoms. The lowest BCUT2D eigenvalue weighted by Crippen LogP contribution is -2.11. The second-order valence-electron chi connectivity index (χ2n) is 5.00. The summed E-state index contributed by atoms with van der Waals surface area (Å²) in [5.74, 6) is 7.66. The molecular formula is C14H16FN5. The van der Waals surface area contributed by atoms with Crippen LogP contribution in [0.2, 0.25) is 0 Å². The van der Waals surface area contributed by atoms with Crippen LogP contribution >= 0.6 is 0 Å². The van der Waals surface area contributed by atoms with E-state index in [1.165, 1.54) is 6.07 Å². The van der Waals surface area contributed by atoms with Crippen molar-refractivity contribution in [2.75, 3.05) is 10.7 Å². The molecule has 1 fully saturated rings. The van der Waals surface area contributed by atoms with Crippen molar-refractivity contribution in [3.63, 3.8) is 0 Å². The first kappa shape index (κ1) is 12.8. The smallest absolute Gasteiger partial charge is 0.145 e. The zero-order valence-electron chi connectivity index (χ0n) is 11.2. The van der Waals surface area contributed by atoms with Gasteiger partial charge in [-0.05, 0) is 43.5 Å². The summed E-state index contributed by atoms with van der Waals surface area (Å²) in [5, 5.41) is 3.16. The first-order chi connectivity index (χ1) is 9.65. The van der Waals surface area contributed by atoms with E-state index in [0.717, 1.165) is 24.4 Å². The Hall–Kier alpha value is -2.21. The Morgan fingerprint density at radius 2 is 1.95 bits per heavy atom. The van der Waals surface area contributed by atoms with E-state index in [0.29, 0.717) is 23.1 Å². The number of nitrogens with two attached hydrogens (primary N) is 1. The van der Waals surface area contributed by atoms with Gasteiger partial charge in [0, 0.05) is 17.7 Å². The van der Waals surface area contributed by atoms with Gasteiger partial charge in [-0.2, -0.15) is 0 Å². The standard InChI is InChI=1S/C14H16FN5/c1-8-6-10(4-5-11(8)15)17-12-7-13(20-16)19-14(18-12)9-2-3-9/h4-7,9H,2-3,16H2,1H3,(H2,17,18,19,20). The fourth-order valence-corrected chi connectivity index (χ4v) is 2.00. The van der Waals surface area contributed by atoms with Gasteiger partial charge in [-0.15, -0.1) is 0 Å². The Kier molecular flexibility index (Phi) is 3.23. The highest BCUT2D eigenvalue weighted by atomic mass is 19.1. The average Bonchev–Trinajstić information content (AvgIpc) is 3.27. The van der Waals surface area contributed by atoms with E-state index in [9.17, 15) is 4.39 Å². The summed E-state index contributed by atoms with van der Waals surface area (Å²) in [6.45, 7) is 1.73. The molecule has 0 spiro atoms. The van der Waals surface area contributed by atoms with Crippen molar-refractivity contribution in [1.82, 2.24) is 9.97 Å². The van der Waals surface area contributed by atoms with Crippen LogP contribution in [0.15, 0.2) is 24.3 Å². The van der Waals surface area contributed by atoms with Crippen molar-refractivity contribution in [2.45, 2.75) is 25.7 Å². The molecule has 1 aliphatic carbocycles. The number of rotatable bonds is 4. The van der Waals surface area contributed by atoms with Gasteiger partial charge in [-0.3, -0.25) is 0 Å². The monoisotopic (exact) mass is 273 g/mol. The fourth-order valence-electron chi connectivity index (χ4n) is 2.00. The van der Waals surface area contributed by atoms with Crippen LogP contribution in [-0.4, -0.2) is 9.97 Å². The average molecular weight is 273 g/mol. The van der Waals surface area contributed by atoms with Crippen molar-refractivity contribution in [2.24, 2.45) is 5.84 Å². The fraction of sp³-hybridized carbons (Fsp3) is 0.286. The topological polar surface area (TPSA) is 75.9 Å². The number of benzene rings is 1. The minimum atomic E-state index is -0.221. The number of nitrogens with one attached hydrogen (secondary N) is 2. The van der Waals surface area contributed by atoms with E-state index in [-0.39, 0.29) is 5.82 Å². The minimum absolute atomic E-state index is 0.221. The Bertz CT molecular complexity index is 639. The third kappa shape index (κ3) is 2.70. The SMILES string of the molecule is Cc1cc(Nc2cc(NN)nc(C3CC3)n2)ccc1F. The number of anilines is 3. The molecule has 5 nitrogen and oxygen atoms in total. The summed E-state index contributed by atoms with van der Waals surface area (Å²) in [5.41, 5.74) is 3.92. The molecule has 3 rings (SSSR count). The van der Waals surface area contributed by atoms with Gasteiger partial charge in [-0.25, -0.2) is 20.2 Å². The number of aryl methyl sites for hydroxylation is 1. The van der Waals surface area contributed by atoms with Crippen LogP contribution in [0.5, 0.6) is 0 Å². The summed E-state index contributed by atoms with van der Waals surface area (Å²) in [6, 6.07) is 6.58. The molecule has 1 aromatic carbocycles. The minimum Gasteiger partial charge on any atom is -0.340 e. The molecule has 20 heavy (non-hydrogen) atoms. The molecule has 0 bridgehead atoms. The normalized spacial score (nSPS) is 14.2. The number of nitrogens with zero attached hydrogens (tertiary/aromatic N) is 2. The van der Waals surface area contributed by atoms with Crippen molar-refractivity contribution in [3.05, 3.63) is 41.5 Å². The van der Waals surface area contributed by atoms with Gasteiger partial charge in [0.1, 0.15) is 23.3 Å². The summed E-state index contributed by atoms with van der Waals surface area (Å²) in [7, 11) is 0. The highest BCUT2D eigenvalue weighted by Crippen LogP contribution is 2.39. The molecule has 0 atom stereocenters. The summed E-state index contributed by atoms with van der Waals surface area (Å²) in [4.78, 5) is 8.82. The third-order valence-electron chi connectivity index (χ3n) is 3.26. The van der Waals surface area contributed by atoms with Crippen molar-refractivity contribution in [1.29, 1.82) is 0 Å². The summed E-state index contributed by atoms with van der Waals surface area (Å²) in [6.07, 6.45) is 2.23. The van der Waals surface area contributed by atoms with Crippen LogP contribution < -0.4 is 16.6 Å². The van der Waals surface area contributed by atoms with E-state index in [1.807, 2.05) is 0 Å². The summed E-state index contributed by atoms with van der Waals surface area (Å²) < 4.78 is 13.3. The largest absolute Gasteiger partial charge is 0.340 e. The van der Waals surface area contributed by atoms with Gasteiger partial charge in [0.15, 0.2) is 0 Å². The Morgan fingerprint density at radius 1 is 1.20 bits per heavy atom. The third-order valence-corrected chi connectivity index (χ3v) is 3.26. The lowest BCUT2D eigenvalue weighted by molar-refractivity contribution is 0.619. The van der Waals surface area contributed by atoms with Crippen molar-refractivity contribution in [3.8, 4) is 0 Å². The van der Waals surface area contributed by atoms with Gasteiger partial charge in [0.2, 0.25) is 0 Å². The second kappa shape index (κ2) is 5.05. The number of hydrogen-bond donors (Lipinski definition) is 3. The predicted octanol–water partition coefficient (Wildman–Crippen LogP) is 2.83. The van der Waals surface area contributed by atoms with Crippen molar-refractivity contribution < 1.29 is 4.39 Å². The van der Waals surface area contributed by atoms with Gasteiger partial charge in [0.05, 0.1) is 0 Å². The lowest BCUT2D eigenvalue weighted by Gasteiger charge is -2.10. The molecule has 0 radical (unpaired) electrons. The van der Waals surface area contributed by atoms with Crippen LogP contribution in [-0.2, 0) is 0 Å². The maximum absolute atomic E-state index is 13.3. The molecule has 1 aliphatic rings. The maximum Gasteiger partial charge on any atom is 0.145 e. The molecule has 1 heterocycles. The molecule has 1 aromatic heterocycles. The number of halogens is 1. The van der Waals surface area contributed by atoms with Gasteiger partial charge >= 0.3 is 0 Å². The molecule has 0 unspecified atom stereocenters. The Morgan fingerprint density at radius 3 is 2.60 bits per heavy atom. The van der Waals surface area contributed by atoms with Crippen LogP contribution in [0, 0.1) is 12.7 Å². The quantitative estimate of drug-likeness (QED) is 0.590. The van der Waals surface area contributed by atoms with Crippen molar-refractivity contribution >= 4 is 17.3 Å². The van der Waals surface area contributed by atoms with E-state index in [2.05, 4.69) is 20.7 Å². The molecule has 104 valence electrons. The van der Waals surface area contributed by atoms with E-state index < -0.39 is 0 Å². The zero-order valence-corrected chi connectivity index (χ0v) is 11.2. The molecule has 0 saturated heterocycles. The number of hydrogen-bond acceptors (Lipinski definition) is 5. The molecular weight excluding hydrogens is 257 g/mol. The van der Waals surface area contributed by atoms with Crippen LogP contribution in [0.25, 0.3) is 0 Å². The highest BCUT2D eigenvalue weighted by molar-refractivity contribution is 5.60. The number of aromatic nitrogens is 2. The molecule has 1 saturated carbocycles. The first-order valence-electron chi connectivity index (χ1n) is 6.54. The van der Waals surface area contributed by atoms with Crippen LogP contribution in [0.4, 0.5) is 21.7 Å². The van der Waals surface area contributed by atoms with Crippen LogP contribution in [0.1, 0.15) is 30.1 Å². The van der Waals surface area contributed by atoms with E-state index >= 15 is 0 Å². The number of hydrazine groups is 1. The van der Waals surface area contributed by atoms with E-state index in [4.69, 9.17) is 5.84 Å². The highest BCUT2D eigenvalue weighted by Gasteiger charge is 2.27. The molecule has 0 aliphatic heterocycles. The Labute approximate surface area is 116 Å². The van der Waals surface area contributed by atoms with Gasteiger partial charge < -0.3 is 10.7 Å². The predicted molar refractivity (Wildman–Crippen MR) is 76.2 cm³/mol. The molecule has 0 amide bonds. The van der Waals surface area contributed by atoms with Gasteiger partial charge in [0.25, 0.3) is 0 Å². The van der Waals surface area contributed by atoms with Gasteiger partial charge in [-0.1, -0.05) is 0 Å². The zero-order chi connectivity index (χ0) is 14.1.